The van der Waals surface area contributed by atoms with Crippen molar-refractivity contribution in [3.05, 3.63) is 0 Å². The lowest BCUT2D eigenvalue weighted by Gasteiger charge is -2.36. The lowest BCUT2D eigenvalue weighted by molar-refractivity contribution is -0.137. The van der Waals surface area contributed by atoms with Gasteiger partial charge in [-0.05, 0) is 19.4 Å². The molecule has 0 bridgehead atoms. The van der Waals surface area contributed by atoms with E-state index in [-0.39, 0.29) is 11.5 Å². The average molecular weight is 241 g/mol. The fraction of sp³-hybridized carbons (Fsp3) is 0.923. The molecule has 0 amide bonds. The molecule has 2 heterocycles. The van der Waals surface area contributed by atoms with Crippen LogP contribution >= 0.6 is 0 Å². The molecule has 4 nitrogen and oxygen atoms in total. The lowest BCUT2D eigenvalue weighted by Crippen LogP contribution is -2.42. The number of ketones is 1. The Labute approximate surface area is 103 Å². The molecule has 2 rings (SSSR count). The fourth-order valence-electron chi connectivity index (χ4n) is 2.76. The molecule has 0 aromatic heterocycles. The third-order valence-corrected chi connectivity index (χ3v) is 3.81. The minimum Gasteiger partial charge on any atom is -0.378 e. The molecule has 0 radical (unpaired) electrons. The third-order valence-electron chi connectivity index (χ3n) is 3.81. The number of nitrogens with one attached hydrogen (secondary N) is 1. The van der Waals surface area contributed by atoms with Gasteiger partial charge in [-0.25, -0.2) is 0 Å². The van der Waals surface area contributed by atoms with Crippen molar-refractivity contribution in [2.45, 2.75) is 38.2 Å². The highest BCUT2D eigenvalue weighted by Gasteiger charge is 2.42. The number of ether oxygens (including phenoxy) is 2. The molecule has 2 aliphatic rings. The molecular formula is C13H23NO3. The van der Waals surface area contributed by atoms with E-state index in [2.05, 4.69) is 12.2 Å². The molecule has 4 heteroatoms. The average Bonchev–Trinajstić information content (AvgIpc) is 2.77. The Kier molecular flexibility index (Phi) is 4.54. The molecule has 2 atom stereocenters. The van der Waals surface area contributed by atoms with Crippen molar-refractivity contribution in [2.75, 3.05) is 32.9 Å². The largest absolute Gasteiger partial charge is 0.378 e. The predicted octanol–water partition coefficient (Wildman–Crippen LogP) is 1.14. The molecule has 0 aromatic rings. The molecule has 0 aromatic carbocycles. The summed E-state index contributed by atoms with van der Waals surface area (Å²) in [5.41, 5.74) is -0.142. The van der Waals surface area contributed by atoms with Crippen LogP contribution in [-0.4, -0.2) is 44.3 Å². The van der Waals surface area contributed by atoms with Gasteiger partial charge in [0.15, 0.2) is 0 Å². The van der Waals surface area contributed by atoms with Gasteiger partial charge in [-0.3, -0.25) is 4.79 Å². The zero-order valence-electron chi connectivity index (χ0n) is 10.7. The van der Waals surface area contributed by atoms with E-state index in [1.165, 1.54) is 0 Å². The second-order valence-corrected chi connectivity index (χ2v) is 5.09. The van der Waals surface area contributed by atoms with E-state index >= 15 is 0 Å². The van der Waals surface area contributed by atoms with Gasteiger partial charge >= 0.3 is 0 Å². The van der Waals surface area contributed by atoms with Crippen molar-refractivity contribution in [1.82, 2.24) is 5.32 Å². The number of carbonyl (C=O) groups is 1. The van der Waals surface area contributed by atoms with Gasteiger partial charge in [0.25, 0.3) is 0 Å². The van der Waals surface area contributed by atoms with Crippen LogP contribution in [0, 0.1) is 5.92 Å². The summed E-state index contributed by atoms with van der Waals surface area (Å²) in [6.45, 7) is 5.95. The van der Waals surface area contributed by atoms with E-state index in [1.807, 2.05) is 0 Å². The molecule has 0 saturated carbocycles. The maximum atomic E-state index is 12.1. The van der Waals surface area contributed by atoms with E-state index in [0.717, 1.165) is 39.0 Å². The summed E-state index contributed by atoms with van der Waals surface area (Å²) in [6.07, 6.45) is 3.34. The van der Waals surface area contributed by atoms with Gasteiger partial charge in [0, 0.05) is 38.5 Å². The third kappa shape index (κ3) is 3.27. The van der Waals surface area contributed by atoms with Crippen molar-refractivity contribution < 1.29 is 14.3 Å². The summed E-state index contributed by atoms with van der Waals surface area (Å²) < 4.78 is 11.3. The van der Waals surface area contributed by atoms with Gasteiger partial charge < -0.3 is 14.8 Å². The van der Waals surface area contributed by atoms with Crippen LogP contribution in [0.25, 0.3) is 0 Å². The maximum Gasteiger partial charge on any atom is 0.137 e. The summed E-state index contributed by atoms with van der Waals surface area (Å²) >= 11 is 0. The summed E-state index contributed by atoms with van der Waals surface area (Å²) in [7, 11) is 0. The van der Waals surface area contributed by atoms with Crippen LogP contribution < -0.4 is 5.32 Å². The second-order valence-electron chi connectivity index (χ2n) is 5.09. The summed E-state index contributed by atoms with van der Waals surface area (Å²) in [5, 5.41) is 3.20. The first-order chi connectivity index (χ1) is 8.26. The van der Waals surface area contributed by atoms with Gasteiger partial charge in [0.1, 0.15) is 5.78 Å². The van der Waals surface area contributed by atoms with Crippen molar-refractivity contribution >= 4 is 5.78 Å². The standard InChI is InChI=1S/C13H23NO3/c1-2-14-6-3-12(15)11-4-7-17-13(9-11)5-8-16-10-13/h11,14H,2-10H2,1H3. The SMILES string of the molecule is CCNCCC(=O)C1CCOC2(CCOC2)C1. The van der Waals surface area contributed by atoms with Gasteiger partial charge in [-0.15, -0.1) is 0 Å². The zero-order chi connectivity index (χ0) is 12.1. The molecule has 2 fully saturated rings. The van der Waals surface area contributed by atoms with E-state index in [9.17, 15) is 4.79 Å². The number of hydrogen-bond donors (Lipinski definition) is 1. The van der Waals surface area contributed by atoms with Crippen molar-refractivity contribution in [3.8, 4) is 0 Å². The Balaban J connectivity index is 1.82. The summed E-state index contributed by atoms with van der Waals surface area (Å²) in [6, 6.07) is 0. The van der Waals surface area contributed by atoms with E-state index in [1.54, 1.807) is 0 Å². The number of hydrogen-bond acceptors (Lipinski definition) is 4. The first kappa shape index (κ1) is 13.0. The Hall–Kier alpha value is -0.450. The van der Waals surface area contributed by atoms with E-state index in [0.29, 0.717) is 25.4 Å². The number of carbonyl (C=O) groups excluding carboxylic acids is 1. The lowest BCUT2D eigenvalue weighted by atomic mass is 9.82. The summed E-state index contributed by atoms with van der Waals surface area (Å²) in [5.74, 6) is 0.574. The topological polar surface area (TPSA) is 47.6 Å². The van der Waals surface area contributed by atoms with Crippen LogP contribution in [0.1, 0.15) is 32.6 Å². The molecule has 2 aliphatic heterocycles. The smallest absolute Gasteiger partial charge is 0.137 e. The van der Waals surface area contributed by atoms with E-state index < -0.39 is 0 Å². The van der Waals surface area contributed by atoms with Crippen LogP contribution in [0.15, 0.2) is 0 Å². The van der Waals surface area contributed by atoms with Crippen molar-refractivity contribution in [2.24, 2.45) is 5.92 Å². The van der Waals surface area contributed by atoms with Crippen LogP contribution in [0.3, 0.4) is 0 Å². The minimum absolute atomic E-state index is 0.142. The summed E-state index contributed by atoms with van der Waals surface area (Å²) in [4.78, 5) is 12.1. The number of Topliss-reactive ketones (excluding diaryl/α,β-unsaturated/α-hetero) is 1. The Morgan fingerprint density at radius 2 is 2.35 bits per heavy atom. The molecule has 2 unspecified atom stereocenters. The predicted molar refractivity (Wildman–Crippen MR) is 65.0 cm³/mol. The molecule has 0 aliphatic carbocycles. The quantitative estimate of drug-likeness (QED) is 0.733. The highest BCUT2D eigenvalue weighted by Crippen LogP contribution is 2.36. The monoisotopic (exact) mass is 241 g/mol. The molecule has 98 valence electrons. The normalized spacial score (nSPS) is 33.1. The molecule has 2 saturated heterocycles. The van der Waals surface area contributed by atoms with Gasteiger partial charge in [0.2, 0.25) is 0 Å². The molecule has 1 spiro atoms. The van der Waals surface area contributed by atoms with E-state index in [4.69, 9.17) is 9.47 Å². The highest BCUT2D eigenvalue weighted by atomic mass is 16.6. The Morgan fingerprint density at radius 1 is 1.47 bits per heavy atom. The van der Waals surface area contributed by atoms with Crippen LogP contribution in [0.2, 0.25) is 0 Å². The first-order valence-electron chi connectivity index (χ1n) is 6.71. The van der Waals surface area contributed by atoms with Crippen LogP contribution in [0.4, 0.5) is 0 Å². The fourth-order valence-corrected chi connectivity index (χ4v) is 2.76. The molecule has 17 heavy (non-hydrogen) atoms. The number of rotatable bonds is 5. The zero-order valence-corrected chi connectivity index (χ0v) is 10.7. The van der Waals surface area contributed by atoms with Crippen LogP contribution in [0.5, 0.6) is 0 Å². The van der Waals surface area contributed by atoms with Gasteiger partial charge in [0.05, 0.1) is 12.2 Å². The van der Waals surface area contributed by atoms with Crippen molar-refractivity contribution in [1.29, 1.82) is 0 Å². The Bertz CT molecular complexity index is 261. The molecule has 1 N–H and O–H groups in total. The van der Waals surface area contributed by atoms with Gasteiger partial charge in [-0.2, -0.15) is 0 Å². The molecular weight excluding hydrogens is 218 g/mol. The van der Waals surface area contributed by atoms with Gasteiger partial charge in [-0.1, -0.05) is 6.92 Å². The highest BCUT2D eigenvalue weighted by molar-refractivity contribution is 5.81. The second kappa shape index (κ2) is 5.94. The maximum absolute atomic E-state index is 12.1. The Morgan fingerprint density at radius 3 is 3.06 bits per heavy atom. The minimum atomic E-state index is -0.142. The first-order valence-corrected chi connectivity index (χ1v) is 6.71. The van der Waals surface area contributed by atoms with Crippen molar-refractivity contribution in [3.63, 3.8) is 0 Å². The van der Waals surface area contributed by atoms with Crippen LogP contribution in [-0.2, 0) is 14.3 Å².